The van der Waals surface area contributed by atoms with E-state index in [4.69, 9.17) is 0 Å². The van der Waals surface area contributed by atoms with Crippen molar-refractivity contribution in [3.05, 3.63) is 53.6 Å². The van der Waals surface area contributed by atoms with Crippen molar-refractivity contribution in [3.8, 4) is 0 Å². The maximum absolute atomic E-state index is 4.02. The number of aryl methyl sites for hydroxylation is 2. The van der Waals surface area contributed by atoms with Gasteiger partial charge in [0.1, 0.15) is 0 Å². The van der Waals surface area contributed by atoms with Gasteiger partial charge in [0.25, 0.3) is 0 Å². The second kappa shape index (κ2) is 5.64. The van der Waals surface area contributed by atoms with Gasteiger partial charge in [-0.3, -0.25) is 0 Å². The van der Waals surface area contributed by atoms with Crippen LogP contribution in [0, 0.1) is 13.8 Å². The van der Waals surface area contributed by atoms with Gasteiger partial charge in [-0.1, -0.05) is 18.2 Å². The van der Waals surface area contributed by atoms with E-state index < -0.39 is 0 Å². The van der Waals surface area contributed by atoms with Crippen molar-refractivity contribution in [1.29, 1.82) is 0 Å². The van der Waals surface area contributed by atoms with Gasteiger partial charge in [-0.2, -0.15) is 0 Å². The van der Waals surface area contributed by atoms with Crippen molar-refractivity contribution in [2.24, 2.45) is 0 Å². The number of hydrogen-bond acceptors (Lipinski definition) is 2. The summed E-state index contributed by atoms with van der Waals surface area (Å²) < 4.78 is 2.08. The van der Waals surface area contributed by atoms with Gasteiger partial charge in [0.2, 0.25) is 0 Å². The average molecular weight is 229 g/mol. The predicted molar refractivity (Wildman–Crippen MR) is 69.8 cm³/mol. The van der Waals surface area contributed by atoms with Gasteiger partial charge in [-0.15, -0.1) is 0 Å². The highest BCUT2D eigenvalue weighted by molar-refractivity contribution is 5.29. The van der Waals surface area contributed by atoms with E-state index in [1.807, 2.05) is 18.7 Å². The van der Waals surface area contributed by atoms with Crippen LogP contribution < -0.4 is 5.32 Å². The lowest BCUT2D eigenvalue weighted by Crippen LogP contribution is -2.19. The van der Waals surface area contributed by atoms with Gasteiger partial charge in [-0.25, -0.2) is 4.98 Å². The molecule has 1 aromatic heterocycles. The Morgan fingerprint density at radius 1 is 1.24 bits per heavy atom. The molecule has 3 heteroatoms. The fourth-order valence-corrected chi connectivity index (χ4v) is 1.77. The minimum absolute atomic E-state index is 0.926. The molecule has 0 bridgehead atoms. The summed E-state index contributed by atoms with van der Waals surface area (Å²) in [6, 6.07) is 6.62. The molecule has 1 aromatic carbocycles. The number of nitrogens with zero attached hydrogens (tertiary/aromatic N) is 2. The molecule has 0 aliphatic heterocycles. The van der Waals surface area contributed by atoms with Gasteiger partial charge >= 0.3 is 0 Å². The van der Waals surface area contributed by atoms with Crippen molar-refractivity contribution in [2.75, 3.05) is 6.54 Å². The van der Waals surface area contributed by atoms with E-state index in [9.17, 15) is 0 Å². The maximum atomic E-state index is 4.02. The summed E-state index contributed by atoms with van der Waals surface area (Å²) >= 11 is 0. The lowest BCUT2D eigenvalue weighted by Gasteiger charge is -2.07. The molecular weight excluding hydrogens is 210 g/mol. The maximum Gasteiger partial charge on any atom is 0.0946 e. The van der Waals surface area contributed by atoms with Crippen molar-refractivity contribution < 1.29 is 0 Å². The number of nitrogens with one attached hydrogen (secondary N) is 1. The molecule has 0 fully saturated rings. The van der Waals surface area contributed by atoms with Crippen LogP contribution in [0.2, 0.25) is 0 Å². The first-order valence-corrected chi connectivity index (χ1v) is 5.98. The normalized spacial score (nSPS) is 10.7. The molecule has 1 N–H and O–H groups in total. The number of benzene rings is 1. The summed E-state index contributed by atoms with van der Waals surface area (Å²) in [6.07, 6.45) is 5.64. The van der Waals surface area contributed by atoms with Gasteiger partial charge < -0.3 is 9.88 Å². The van der Waals surface area contributed by atoms with Crippen LogP contribution >= 0.6 is 0 Å². The van der Waals surface area contributed by atoms with E-state index in [1.165, 1.54) is 16.7 Å². The highest BCUT2D eigenvalue weighted by Crippen LogP contribution is 2.09. The van der Waals surface area contributed by atoms with Crippen LogP contribution in [0.25, 0.3) is 0 Å². The molecule has 0 saturated heterocycles. The van der Waals surface area contributed by atoms with Gasteiger partial charge in [0, 0.05) is 32.0 Å². The monoisotopic (exact) mass is 229 g/mol. The third-order valence-electron chi connectivity index (χ3n) is 3.01. The Bertz CT molecular complexity index is 460. The zero-order valence-corrected chi connectivity index (χ0v) is 10.5. The smallest absolute Gasteiger partial charge is 0.0946 e. The number of imidazole rings is 1. The molecule has 0 saturated carbocycles. The van der Waals surface area contributed by atoms with Crippen LogP contribution in [0.5, 0.6) is 0 Å². The number of hydrogen-bond donors (Lipinski definition) is 1. The second-order valence-corrected chi connectivity index (χ2v) is 4.40. The minimum Gasteiger partial charge on any atom is -0.336 e. The zero-order valence-electron chi connectivity index (χ0n) is 10.5. The first-order valence-electron chi connectivity index (χ1n) is 5.98. The SMILES string of the molecule is Cc1ccc(CNCCn2ccnc2)cc1C. The zero-order chi connectivity index (χ0) is 12.1. The second-order valence-electron chi connectivity index (χ2n) is 4.40. The van der Waals surface area contributed by atoms with Gasteiger partial charge in [0.05, 0.1) is 6.33 Å². The van der Waals surface area contributed by atoms with E-state index >= 15 is 0 Å². The molecule has 0 aliphatic carbocycles. The van der Waals surface area contributed by atoms with Crippen LogP contribution in [0.15, 0.2) is 36.9 Å². The molecule has 0 unspecified atom stereocenters. The summed E-state index contributed by atoms with van der Waals surface area (Å²) in [5.74, 6) is 0. The Hall–Kier alpha value is -1.61. The lowest BCUT2D eigenvalue weighted by atomic mass is 10.1. The molecule has 2 aromatic rings. The van der Waals surface area contributed by atoms with Crippen LogP contribution in [0.4, 0.5) is 0 Å². The lowest BCUT2D eigenvalue weighted by molar-refractivity contribution is 0.597. The number of rotatable bonds is 5. The molecule has 90 valence electrons. The van der Waals surface area contributed by atoms with Crippen molar-refractivity contribution >= 4 is 0 Å². The van der Waals surface area contributed by atoms with E-state index in [1.54, 1.807) is 0 Å². The van der Waals surface area contributed by atoms with Crippen LogP contribution in [0.3, 0.4) is 0 Å². The Morgan fingerprint density at radius 3 is 2.82 bits per heavy atom. The molecule has 0 radical (unpaired) electrons. The molecule has 0 atom stereocenters. The van der Waals surface area contributed by atoms with E-state index in [0.29, 0.717) is 0 Å². The summed E-state index contributed by atoms with van der Waals surface area (Å²) in [7, 11) is 0. The van der Waals surface area contributed by atoms with E-state index in [0.717, 1.165) is 19.6 Å². The molecule has 17 heavy (non-hydrogen) atoms. The summed E-state index contributed by atoms with van der Waals surface area (Å²) in [6.45, 7) is 7.15. The quantitative estimate of drug-likeness (QED) is 0.797. The fourth-order valence-electron chi connectivity index (χ4n) is 1.77. The first-order chi connectivity index (χ1) is 8.25. The van der Waals surface area contributed by atoms with E-state index in [-0.39, 0.29) is 0 Å². The van der Waals surface area contributed by atoms with Crippen molar-refractivity contribution in [3.63, 3.8) is 0 Å². The Kier molecular flexibility index (Phi) is 3.94. The summed E-state index contributed by atoms with van der Waals surface area (Å²) in [5.41, 5.74) is 4.06. The Labute approximate surface area is 103 Å². The Morgan fingerprint density at radius 2 is 2.12 bits per heavy atom. The average Bonchev–Trinajstić information content (AvgIpc) is 2.82. The van der Waals surface area contributed by atoms with Gasteiger partial charge in [-0.05, 0) is 30.5 Å². The third kappa shape index (κ3) is 3.43. The molecule has 3 nitrogen and oxygen atoms in total. The largest absolute Gasteiger partial charge is 0.336 e. The first kappa shape index (κ1) is 11.9. The summed E-state index contributed by atoms with van der Waals surface area (Å²) in [5, 5.41) is 3.44. The predicted octanol–water partition coefficient (Wildman–Crippen LogP) is 2.29. The highest BCUT2D eigenvalue weighted by atomic mass is 15.0. The molecule has 0 aliphatic rings. The fraction of sp³-hybridized carbons (Fsp3) is 0.357. The highest BCUT2D eigenvalue weighted by Gasteiger charge is 1.96. The topological polar surface area (TPSA) is 29.9 Å². The third-order valence-corrected chi connectivity index (χ3v) is 3.01. The number of aromatic nitrogens is 2. The van der Waals surface area contributed by atoms with Crippen molar-refractivity contribution in [2.45, 2.75) is 26.9 Å². The van der Waals surface area contributed by atoms with E-state index in [2.05, 4.69) is 46.9 Å². The van der Waals surface area contributed by atoms with Crippen LogP contribution in [0.1, 0.15) is 16.7 Å². The molecule has 0 spiro atoms. The summed E-state index contributed by atoms with van der Waals surface area (Å²) in [4.78, 5) is 4.02. The minimum atomic E-state index is 0.926. The molecule has 2 rings (SSSR count). The van der Waals surface area contributed by atoms with Gasteiger partial charge in [0.15, 0.2) is 0 Å². The standard InChI is InChI=1S/C14H19N3/c1-12-3-4-14(9-13(12)2)10-15-5-7-17-8-6-16-11-17/h3-4,6,8-9,11,15H,5,7,10H2,1-2H3. The van der Waals surface area contributed by atoms with Crippen LogP contribution in [-0.4, -0.2) is 16.1 Å². The molecular formula is C14H19N3. The molecule has 1 heterocycles. The van der Waals surface area contributed by atoms with Crippen LogP contribution in [-0.2, 0) is 13.1 Å². The molecule has 0 amide bonds. The Balaban J connectivity index is 1.76. The van der Waals surface area contributed by atoms with Crippen molar-refractivity contribution in [1.82, 2.24) is 14.9 Å².